The van der Waals surface area contributed by atoms with Gasteiger partial charge in [-0.25, -0.2) is 4.39 Å². The summed E-state index contributed by atoms with van der Waals surface area (Å²) >= 11 is 0. The minimum absolute atomic E-state index is 0.230. The molecule has 1 atom stereocenters. The minimum atomic E-state index is -0.230. The van der Waals surface area contributed by atoms with Crippen LogP contribution in [0.25, 0.3) is 22.5 Å². The Bertz CT molecular complexity index is 933. The summed E-state index contributed by atoms with van der Waals surface area (Å²) in [6.45, 7) is 1.13. The normalized spacial score (nSPS) is 20.7. The average Bonchev–Trinajstić information content (AvgIpc) is 3.30. The van der Waals surface area contributed by atoms with Crippen molar-refractivity contribution in [3.05, 3.63) is 60.2 Å². The molecule has 0 spiro atoms. The van der Waals surface area contributed by atoms with Crippen molar-refractivity contribution in [2.45, 2.75) is 44.2 Å². The van der Waals surface area contributed by atoms with Crippen molar-refractivity contribution >= 4 is 0 Å². The molecule has 27 heavy (non-hydrogen) atoms. The first-order valence-electron chi connectivity index (χ1n) is 9.74. The number of benzene rings is 2. The Hall–Kier alpha value is -2.53. The third-order valence-corrected chi connectivity index (χ3v) is 5.87. The van der Waals surface area contributed by atoms with E-state index >= 15 is 0 Å². The molecule has 0 radical (unpaired) electrons. The Labute approximate surface area is 158 Å². The van der Waals surface area contributed by atoms with Crippen molar-refractivity contribution < 1.29 is 8.91 Å². The van der Waals surface area contributed by atoms with Crippen LogP contribution in [0.4, 0.5) is 4.39 Å². The maximum Gasteiger partial charge on any atom is 0.244 e. The van der Waals surface area contributed by atoms with E-state index in [-0.39, 0.29) is 11.9 Å². The third kappa shape index (κ3) is 3.16. The quantitative estimate of drug-likeness (QED) is 0.636. The molecule has 4 nitrogen and oxygen atoms in total. The van der Waals surface area contributed by atoms with Gasteiger partial charge in [0, 0.05) is 11.6 Å². The van der Waals surface area contributed by atoms with Gasteiger partial charge in [0.1, 0.15) is 5.82 Å². The van der Waals surface area contributed by atoms with Gasteiger partial charge in [0.15, 0.2) is 0 Å². The van der Waals surface area contributed by atoms with E-state index in [1.807, 2.05) is 30.3 Å². The first kappa shape index (κ1) is 16.6. The largest absolute Gasteiger partial charge is 0.337 e. The van der Waals surface area contributed by atoms with Crippen molar-refractivity contribution in [3.63, 3.8) is 0 Å². The van der Waals surface area contributed by atoms with Gasteiger partial charge in [-0.1, -0.05) is 48.0 Å². The number of nitrogens with zero attached hydrogens (tertiary/aromatic N) is 3. The molecule has 0 N–H and O–H groups in total. The van der Waals surface area contributed by atoms with Gasteiger partial charge in [0.2, 0.25) is 11.7 Å². The lowest BCUT2D eigenvalue weighted by Crippen LogP contribution is -2.39. The highest BCUT2D eigenvalue weighted by molar-refractivity contribution is 5.67. The second-order valence-corrected chi connectivity index (χ2v) is 7.52. The number of halogens is 1. The molecule has 1 aliphatic carbocycles. The van der Waals surface area contributed by atoms with Crippen LogP contribution in [-0.4, -0.2) is 27.6 Å². The molecule has 1 unspecified atom stereocenters. The number of likely N-dealkylation sites (tertiary alicyclic amines) is 1. The lowest BCUT2D eigenvalue weighted by Gasteiger charge is -2.37. The number of aromatic nitrogens is 2. The third-order valence-electron chi connectivity index (χ3n) is 5.87. The lowest BCUT2D eigenvalue weighted by molar-refractivity contribution is 0.0966. The summed E-state index contributed by atoms with van der Waals surface area (Å²) in [5, 5.41) is 4.21. The number of hydrogen-bond donors (Lipinski definition) is 0. The molecule has 2 aromatic carbocycles. The number of rotatable bonds is 4. The fourth-order valence-corrected chi connectivity index (χ4v) is 4.18. The molecule has 1 aliphatic heterocycles. The standard InChI is InChI=1S/C22H22FN3O/c23-18-5-1-4-17(14-18)15-9-11-16(12-10-15)21-24-22(27-25-21)20-8-3-13-26(20)19-6-2-7-19/h1,4-5,9-12,14,19-20H,2-3,6-8,13H2. The molecule has 2 heterocycles. The van der Waals surface area contributed by atoms with E-state index in [1.165, 1.54) is 37.8 Å². The van der Waals surface area contributed by atoms with E-state index < -0.39 is 0 Å². The Balaban J connectivity index is 1.36. The monoisotopic (exact) mass is 363 g/mol. The van der Waals surface area contributed by atoms with E-state index in [9.17, 15) is 4.39 Å². The SMILES string of the molecule is Fc1cccc(-c2ccc(-c3noc(C4CCCN4C4CCC4)n3)cc2)c1. The molecule has 0 bridgehead atoms. The molecule has 0 amide bonds. The molecule has 5 heteroatoms. The fraction of sp³-hybridized carbons (Fsp3) is 0.364. The van der Waals surface area contributed by atoms with Gasteiger partial charge in [-0.3, -0.25) is 4.90 Å². The summed E-state index contributed by atoms with van der Waals surface area (Å²) in [7, 11) is 0. The summed E-state index contributed by atoms with van der Waals surface area (Å²) in [6.07, 6.45) is 6.20. The second-order valence-electron chi connectivity index (χ2n) is 7.52. The Morgan fingerprint density at radius 3 is 2.48 bits per heavy atom. The van der Waals surface area contributed by atoms with Crippen molar-refractivity contribution in [2.75, 3.05) is 6.54 Å². The van der Waals surface area contributed by atoms with Crippen LogP contribution in [0.2, 0.25) is 0 Å². The highest BCUT2D eigenvalue weighted by Crippen LogP contribution is 2.39. The van der Waals surface area contributed by atoms with Crippen LogP contribution < -0.4 is 0 Å². The van der Waals surface area contributed by atoms with Gasteiger partial charge < -0.3 is 4.52 Å². The summed E-state index contributed by atoms with van der Waals surface area (Å²) in [5.41, 5.74) is 2.74. The lowest BCUT2D eigenvalue weighted by atomic mass is 9.91. The van der Waals surface area contributed by atoms with E-state index in [0.29, 0.717) is 11.9 Å². The molecule has 2 fully saturated rings. The highest BCUT2D eigenvalue weighted by atomic mass is 19.1. The summed E-state index contributed by atoms with van der Waals surface area (Å²) in [6, 6.07) is 15.4. The Morgan fingerprint density at radius 1 is 0.926 bits per heavy atom. The van der Waals surface area contributed by atoms with Crippen LogP contribution in [0.1, 0.15) is 44.0 Å². The predicted molar refractivity (Wildman–Crippen MR) is 101 cm³/mol. The molecule has 5 rings (SSSR count). The number of hydrogen-bond acceptors (Lipinski definition) is 4. The van der Waals surface area contributed by atoms with Gasteiger partial charge in [0.05, 0.1) is 6.04 Å². The van der Waals surface area contributed by atoms with Gasteiger partial charge in [-0.2, -0.15) is 4.98 Å². The van der Waals surface area contributed by atoms with Crippen LogP contribution in [0.15, 0.2) is 53.1 Å². The van der Waals surface area contributed by atoms with Crippen molar-refractivity contribution in [3.8, 4) is 22.5 Å². The molecule has 1 aromatic heterocycles. The summed E-state index contributed by atoms with van der Waals surface area (Å²) in [4.78, 5) is 7.24. The van der Waals surface area contributed by atoms with Crippen LogP contribution in [0.3, 0.4) is 0 Å². The summed E-state index contributed by atoms with van der Waals surface area (Å²) < 4.78 is 19.1. The van der Waals surface area contributed by atoms with Crippen LogP contribution in [0, 0.1) is 5.82 Å². The van der Waals surface area contributed by atoms with Gasteiger partial charge in [0.25, 0.3) is 0 Å². The zero-order valence-corrected chi connectivity index (χ0v) is 15.1. The molecule has 1 saturated heterocycles. The average molecular weight is 363 g/mol. The van der Waals surface area contributed by atoms with E-state index in [1.54, 1.807) is 6.07 Å². The van der Waals surface area contributed by atoms with E-state index in [2.05, 4.69) is 10.1 Å². The molecule has 1 saturated carbocycles. The molecule has 3 aromatic rings. The Morgan fingerprint density at radius 2 is 1.74 bits per heavy atom. The molecular weight excluding hydrogens is 341 g/mol. The van der Waals surface area contributed by atoms with E-state index in [4.69, 9.17) is 9.51 Å². The fourth-order valence-electron chi connectivity index (χ4n) is 4.18. The van der Waals surface area contributed by atoms with Gasteiger partial charge in [-0.15, -0.1) is 0 Å². The molecule has 138 valence electrons. The minimum Gasteiger partial charge on any atom is -0.337 e. The summed E-state index contributed by atoms with van der Waals surface area (Å²) in [5.74, 6) is 1.13. The predicted octanol–water partition coefficient (Wildman–Crippen LogP) is 5.23. The zero-order valence-electron chi connectivity index (χ0n) is 15.1. The highest BCUT2D eigenvalue weighted by Gasteiger charge is 2.37. The van der Waals surface area contributed by atoms with Crippen molar-refractivity contribution in [1.82, 2.24) is 15.0 Å². The van der Waals surface area contributed by atoms with E-state index in [0.717, 1.165) is 35.5 Å². The Kier molecular flexibility index (Phi) is 4.24. The van der Waals surface area contributed by atoms with Gasteiger partial charge >= 0.3 is 0 Å². The van der Waals surface area contributed by atoms with Crippen LogP contribution >= 0.6 is 0 Å². The molecular formula is C22H22FN3O. The maximum absolute atomic E-state index is 13.4. The topological polar surface area (TPSA) is 42.2 Å². The van der Waals surface area contributed by atoms with Gasteiger partial charge in [-0.05, 0) is 55.5 Å². The first-order chi connectivity index (χ1) is 13.3. The molecule has 2 aliphatic rings. The van der Waals surface area contributed by atoms with Crippen LogP contribution in [0.5, 0.6) is 0 Å². The maximum atomic E-state index is 13.4. The smallest absolute Gasteiger partial charge is 0.244 e. The van der Waals surface area contributed by atoms with Crippen LogP contribution in [-0.2, 0) is 0 Å². The van der Waals surface area contributed by atoms with Crippen molar-refractivity contribution in [2.24, 2.45) is 0 Å². The second kappa shape index (κ2) is 6.89. The first-order valence-corrected chi connectivity index (χ1v) is 9.74. The zero-order chi connectivity index (χ0) is 18.2. The van der Waals surface area contributed by atoms with Crippen molar-refractivity contribution in [1.29, 1.82) is 0 Å².